The summed E-state index contributed by atoms with van der Waals surface area (Å²) in [6.45, 7) is -2.02. The smallest absolute Gasteiger partial charge is 0.0379 e. The highest BCUT2D eigenvalue weighted by Crippen LogP contribution is 2.42. The maximum absolute atomic E-state index is 4.06. The molecule has 0 aromatic heterocycles. The van der Waals surface area contributed by atoms with Gasteiger partial charge in [-0.15, -0.1) is 0 Å². The molecule has 0 N–H and O–H groups in total. The lowest BCUT2D eigenvalue weighted by atomic mass is 10.4. The van der Waals surface area contributed by atoms with Crippen molar-refractivity contribution in [1.29, 1.82) is 0 Å². The number of hydrogen-bond acceptors (Lipinski definition) is 1. The van der Waals surface area contributed by atoms with Crippen LogP contribution in [0.25, 0.3) is 0 Å². The van der Waals surface area contributed by atoms with E-state index in [1.165, 1.54) is 15.9 Å². The molecule has 3 rings (SSSR count). The van der Waals surface area contributed by atoms with E-state index in [0.717, 1.165) is 0 Å². The highest BCUT2D eigenvalue weighted by molar-refractivity contribution is 7.94. The Morgan fingerprint density at radius 3 is 1.26 bits per heavy atom. The van der Waals surface area contributed by atoms with Crippen LogP contribution in [0.1, 0.15) is 0 Å². The minimum absolute atomic E-state index is 1.26. The van der Waals surface area contributed by atoms with Gasteiger partial charge in [-0.2, -0.15) is 0 Å². The molecule has 0 aliphatic carbocycles. The summed E-state index contributed by atoms with van der Waals surface area (Å²) in [6.07, 6.45) is 0. The topological polar surface area (TPSA) is 12.4 Å². The zero-order valence-electron chi connectivity index (χ0n) is 13.1. The second-order valence-corrected chi connectivity index (χ2v) is 8.24. The van der Waals surface area contributed by atoms with Crippen LogP contribution in [0.5, 0.6) is 0 Å². The summed E-state index contributed by atoms with van der Waals surface area (Å²) in [5.74, 6) is 3.01. The minimum Gasteiger partial charge on any atom is -0.239 e. The van der Waals surface area contributed by atoms with Crippen LogP contribution in [0.2, 0.25) is 0 Å². The molecule has 0 saturated carbocycles. The van der Waals surface area contributed by atoms with Crippen LogP contribution in [-0.4, -0.2) is 18.4 Å². The molecule has 0 bridgehead atoms. The summed E-state index contributed by atoms with van der Waals surface area (Å²) >= 11 is 0. The standard InChI is InChI=1S/C21H18NP/c1-22-17-18-23(19-11-5-2-6-12-19,20-13-7-3-8-14-20)21-15-9-4-10-16-21/h2-16H,1H3. The molecule has 0 fully saturated rings. The van der Waals surface area contributed by atoms with E-state index in [0.29, 0.717) is 0 Å². The normalized spacial score (nSPS) is 10.5. The van der Waals surface area contributed by atoms with Crippen LogP contribution in [0, 0.1) is 0 Å². The molecule has 23 heavy (non-hydrogen) atoms. The van der Waals surface area contributed by atoms with Crippen molar-refractivity contribution in [2.45, 2.75) is 0 Å². The lowest BCUT2D eigenvalue weighted by Gasteiger charge is -2.25. The quantitative estimate of drug-likeness (QED) is 0.520. The SMILES string of the molecule is CN=C=C=P(c1ccccc1)(c1ccccc1)c1ccccc1. The van der Waals surface area contributed by atoms with Gasteiger partial charge in [0.25, 0.3) is 0 Å². The number of nitrogens with zero attached hydrogens (tertiary/aromatic N) is 1. The van der Waals surface area contributed by atoms with Crippen LogP contribution >= 0.6 is 6.89 Å². The van der Waals surface area contributed by atoms with E-state index in [1.54, 1.807) is 7.05 Å². The summed E-state index contributed by atoms with van der Waals surface area (Å²) in [5.41, 5.74) is 3.53. The summed E-state index contributed by atoms with van der Waals surface area (Å²) in [4.78, 5) is 4.06. The molecule has 0 heterocycles. The van der Waals surface area contributed by atoms with E-state index in [1.807, 2.05) is 18.2 Å². The van der Waals surface area contributed by atoms with Crippen molar-refractivity contribution in [2.24, 2.45) is 4.99 Å². The third-order valence-corrected chi connectivity index (χ3v) is 7.41. The fourth-order valence-corrected chi connectivity index (χ4v) is 6.11. The first kappa shape index (κ1) is 15.3. The van der Waals surface area contributed by atoms with Crippen LogP contribution in [0.3, 0.4) is 0 Å². The van der Waals surface area contributed by atoms with Gasteiger partial charge in [0, 0.05) is 19.8 Å². The van der Waals surface area contributed by atoms with Crippen molar-refractivity contribution in [3.63, 3.8) is 0 Å². The Kier molecular flexibility index (Phi) is 4.77. The first-order valence-corrected chi connectivity index (χ1v) is 9.34. The van der Waals surface area contributed by atoms with Gasteiger partial charge in [-0.25, -0.2) is 4.99 Å². The largest absolute Gasteiger partial charge is 0.239 e. The molecule has 2 heteroatoms. The van der Waals surface area contributed by atoms with Gasteiger partial charge in [0.1, 0.15) is 0 Å². The molecule has 112 valence electrons. The van der Waals surface area contributed by atoms with Gasteiger partial charge < -0.3 is 0 Å². The molecule has 0 atom stereocenters. The highest BCUT2D eigenvalue weighted by Gasteiger charge is 2.24. The lowest BCUT2D eigenvalue weighted by Crippen LogP contribution is -2.25. The van der Waals surface area contributed by atoms with E-state index in [2.05, 4.69) is 89.1 Å². The first-order chi connectivity index (χ1) is 11.4. The van der Waals surface area contributed by atoms with Gasteiger partial charge in [-0.05, 0) is 21.4 Å². The summed E-state index contributed by atoms with van der Waals surface area (Å²) in [7, 11) is 1.74. The number of hydrogen-bond donors (Lipinski definition) is 0. The third-order valence-electron chi connectivity index (χ3n) is 3.76. The fraction of sp³-hybridized carbons (Fsp3) is 0.0476. The van der Waals surface area contributed by atoms with E-state index < -0.39 is 6.89 Å². The average Bonchev–Trinajstić information content (AvgIpc) is 2.65. The predicted octanol–water partition coefficient (Wildman–Crippen LogP) is 3.24. The van der Waals surface area contributed by atoms with E-state index >= 15 is 0 Å². The predicted molar refractivity (Wildman–Crippen MR) is 104 cm³/mol. The van der Waals surface area contributed by atoms with Gasteiger partial charge in [0.05, 0.1) is 0 Å². The van der Waals surface area contributed by atoms with Crippen LogP contribution in [-0.2, 0) is 0 Å². The number of rotatable bonds is 3. The highest BCUT2D eigenvalue weighted by atomic mass is 31.2. The molecule has 0 unspecified atom stereocenters. The molecular weight excluding hydrogens is 297 g/mol. The molecule has 0 saturated heterocycles. The zero-order chi connectivity index (χ0) is 16.0. The van der Waals surface area contributed by atoms with E-state index in [-0.39, 0.29) is 0 Å². The Labute approximate surface area is 137 Å². The van der Waals surface area contributed by atoms with Gasteiger partial charge in [0.2, 0.25) is 0 Å². The maximum Gasteiger partial charge on any atom is 0.0379 e. The third kappa shape index (κ3) is 3.00. The fourth-order valence-electron chi connectivity index (χ4n) is 2.72. The Morgan fingerprint density at radius 1 is 0.609 bits per heavy atom. The maximum atomic E-state index is 4.06. The minimum atomic E-state index is -2.02. The summed E-state index contributed by atoms with van der Waals surface area (Å²) in [5, 5.41) is 3.77. The molecule has 3 aromatic rings. The Balaban J connectivity index is 2.49. The van der Waals surface area contributed by atoms with Crippen molar-refractivity contribution < 1.29 is 0 Å². The lowest BCUT2D eigenvalue weighted by molar-refractivity contribution is 1.49. The number of aliphatic imine (C=N–C) groups is 1. The Morgan fingerprint density at radius 2 is 0.957 bits per heavy atom. The molecule has 3 aromatic carbocycles. The van der Waals surface area contributed by atoms with Crippen LogP contribution < -0.4 is 15.9 Å². The number of benzene rings is 3. The second kappa shape index (κ2) is 7.14. The van der Waals surface area contributed by atoms with Crippen LogP contribution in [0.4, 0.5) is 0 Å². The van der Waals surface area contributed by atoms with Crippen molar-refractivity contribution in [3.8, 4) is 0 Å². The van der Waals surface area contributed by atoms with Crippen molar-refractivity contribution in [2.75, 3.05) is 7.05 Å². The molecule has 0 spiro atoms. The molecule has 0 aliphatic heterocycles. The van der Waals surface area contributed by atoms with Crippen LogP contribution in [0.15, 0.2) is 96.0 Å². The first-order valence-electron chi connectivity index (χ1n) is 7.55. The van der Waals surface area contributed by atoms with E-state index in [9.17, 15) is 0 Å². The summed E-state index contributed by atoms with van der Waals surface area (Å²) < 4.78 is 0. The van der Waals surface area contributed by atoms with Crippen molar-refractivity contribution >= 4 is 34.1 Å². The van der Waals surface area contributed by atoms with Gasteiger partial charge in [-0.1, -0.05) is 91.0 Å². The second-order valence-electron chi connectivity index (χ2n) is 5.12. The average molecular weight is 315 g/mol. The van der Waals surface area contributed by atoms with Crippen molar-refractivity contribution in [3.05, 3.63) is 91.0 Å². The van der Waals surface area contributed by atoms with E-state index in [4.69, 9.17) is 0 Å². The monoisotopic (exact) mass is 315 g/mol. The van der Waals surface area contributed by atoms with Crippen molar-refractivity contribution in [1.82, 2.24) is 0 Å². The molecule has 0 amide bonds. The Hall–Kier alpha value is -2.55. The molecule has 1 nitrogen and oxygen atoms in total. The molecule has 0 radical (unpaired) electrons. The molecule has 0 aliphatic rings. The zero-order valence-corrected chi connectivity index (χ0v) is 13.9. The van der Waals surface area contributed by atoms with Gasteiger partial charge in [-0.3, -0.25) is 0 Å². The Bertz CT molecular complexity index is 783. The van der Waals surface area contributed by atoms with Gasteiger partial charge in [0.15, 0.2) is 0 Å². The molecular formula is C21H18NP. The van der Waals surface area contributed by atoms with Gasteiger partial charge >= 0.3 is 0 Å². The summed E-state index contributed by atoms with van der Waals surface area (Å²) in [6, 6.07) is 31.7.